The molecule has 1 aromatic rings. The van der Waals surface area contributed by atoms with E-state index in [1.165, 1.54) is 0 Å². The summed E-state index contributed by atoms with van der Waals surface area (Å²) in [7, 11) is 0. The molecule has 2 rings (SSSR count). The van der Waals surface area contributed by atoms with Crippen molar-refractivity contribution in [1.82, 2.24) is 4.90 Å². The maximum Gasteiger partial charge on any atom is 0.234 e. The third-order valence-electron chi connectivity index (χ3n) is 3.41. The lowest BCUT2D eigenvalue weighted by Crippen LogP contribution is -2.42. The molecular weight excluding hydrogens is 228 g/mol. The number of primary amides is 1. The zero-order chi connectivity index (χ0) is 13.1. The largest absolute Gasteiger partial charge is 0.368 e. The summed E-state index contributed by atoms with van der Waals surface area (Å²) < 4.78 is 0. The molecule has 4 nitrogen and oxygen atoms in total. The van der Waals surface area contributed by atoms with Crippen molar-refractivity contribution in [2.75, 3.05) is 13.1 Å². The fourth-order valence-corrected chi connectivity index (χ4v) is 2.35. The van der Waals surface area contributed by atoms with Gasteiger partial charge in [0.2, 0.25) is 5.91 Å². The van der Waals surface area contributed by atoms with Gasteiger partial charge in [-0.25, -0.2) is 0 Å². The summed E-state index contributed by atoms with van der Waals surface area (Å²) in [5.74, 6) is -0.285. The third kappa shape index (κ3) is 2.76. The van der Waals surface area contributed by atoms with Gasteiger partial charge in [-0.05, 0) is 26.3 Å². The molecule has 0 bridgehead atoms. The van der Waals surface area contributed by atoms with Gasteiger partial charge in [-0.15, -0.1) is 0 Å². The number of aryl methyl sites for hydroxylation is 1. The van der Waals surface area contributed by atoms with E-state index in [1.807, 2.05) is 36.1 Å². The number of hydrogen-bond acceptors (Lipinski definition) is 3. The fraction of sp³-hybridized carbons (Fsp3) is 0.429. The van der Waals surface area contributed by atoms with Crippen molar-refractivity contribution in [2.24, 2.45) is 5.73 Å². The molecule has 0 radical (unpaired) electrons. The van der Waals surface area contributed by atoms with E-state index < -0.39 is 0 Å². The second-order valence-corrected chi connectivity index (χ2v) is 4.82. The highest BCUT2D eigenvalue weighted by Gasteiger charge is 2.30. The number of carbonyl (C=O) groups is 2. The first kappa shape index (κ1) is 12.8. The van der Waals surface area contributed by atoms with Crippen molar-refractivity contribution in [2.45, 2.75) is 25.8 Å². The van der Waals surface area contributed by atoms with Crippen LogP contribution in [-0.4, -0.2) is 35.7 Å². The van der Waals surface area contributed by atoms with Crippen molar-refractivity contribution >= 4 is 11.7 Å². The first-order chi connectivity index (χ1) is 8.58. The topological polar surface area (TPSA) is 63.4 Å². The second-order valence-electron chi connectivity index (χ2n) is 4.82. The number of hydrogen-bond donors (Lipinski definition) is 1. The highest BCUT2D eigenvalue weighted by atomic mass is 16.1. The molecule has 1 fully saturated rings. The summed E-state index contributed by atoms with van der Waals surface area (Å²) in [5, 5.41) is 0. The van der Waals surface area contributed by atoms with Crippen LogP contribution < -0.4 is 5.73 Å². The van der Waals surface area contributed by atoms with Gasteiger partial charge in [-0.2, -0.15) is 0 Å². The molecule has 1 atom stereocenters. The molecule has 1 aromatic carbocycles. The monoisotopic (exact) mass is 246 g/mol. The summed E-state index contributed by atoms with van der Waals surface area (Å²) in [6.07, 6.45) is 1.69. The van der Waals surface area contributed by atoms with E-state index in [0.717, 1.165) is 24.9 Å². The minimum Gasteiger partial charge on any atom is -0.368 e. The molecule has 1 amide bonds. The number of amides is 1. The molecule has 0 saturated carbocycles. The van der Waals surface area contributed by atoms with Gasteiger partial charge in [0.1, 0.15) is 0 Å². The molecule has 1 aliphatic heterocycles. The van der Waals surface area contributed by atoms with E-state index in [-0.39, 0.29) is 24.3 Å². The van der Waals surface area contributed by atoms with Gasteiger partial charge in [0.15, 0.2) is 5.78 Å². The van der Waals surface area contributed by atoms with Crippen LogP contribution in [0, 0.1) is 6.92 Å². The number of rotatable bonds is 4. The molecule has 0 aliphatic carbocycles. The zero-order valence-corrected chi connectivity index (χ0v) is 10.6. The van der Waals surface area contributed by atoms with Gasteiger partial charge in [-0.1, -0.05) is 29.8 Å². The molecule has 1 heterocycles. The molecule has 1 aliphatic rings. The van der Waals surface area contributed by atoms with Crippen LogP contribution in [0.2, 0.25) is 0 Å². The average molecular weight is 246 g/mol. The van der Waals surface area contributed by atoms with Gasteiger partial charge in [-0.3, -0.25) is 14.5 Å². The van der Waals surface area contributed by atoms with Crippen LogP contribution >= 0.6 is 0 Å². The minimum atomic E-state index is -0.329. The molecular formula is C14H18N2O2. The number of carbonyl (C=O) groups excluding carboxylic acids is 2. The highest BCUT2D eigenvalue weighted by molar-refractivity contribution is 5.98. The molecule has 96 valence electrons. The fourth-order valence-electron chi connectivity index (χ4n) is 2.35. The number of benzene rings is 1. The van der Waals surface area contributed by atoms with Gasteiger partial charge in [0.05, 0.1) is 12.6 Å². The number of nitrogens with zero attached hydrogens (tertiary/aromatic N) is 1. The summed E-state index contributed by atoms with van der Waals surface area (Å²) >= 11 is 0. The molecule has 4 heteroatoms. The van der Waals surface area contributed by atoms with Crippen molar-refractivity contribution < 1.29 is 9.59 Å². The van der Waals surface area contributed by atoms with Gasteiger partial charge < -0.3 is 5.73 Å². The Morgan fingerprint density at radius 3 is 2.61 bits per heavy atom. The lowest BCUT2D eigenvalue weighted by atomic mass is 10.1. The highest BCUT2D eigenvalue weighted by Crippen LogP contribution is 2.17. The summed E-state index contributed by atoms with van der Waals surface area (Å²) in [4.78, 5) is 25.2. The van der Waals surface area contributed by atoms with Crippen LogP contribution in [0.1, 0.15) is 28.8 Å². The maximum atomic E-state index is 12.1. The summed E-state index contributed by atoms with van der Waals surface area (Å²) in [6, 6.07) is 7.21. The van der Waals surface area contributed by atoms with Crippen LogP contribution in [0.15, 0.2) is 24.3 Å². The Bertz CT molecular complexity index is 453. The Labute approximate surface area is 107 Å². The summed E-state index contributed by atoms with van der Waals surface area (Å²) in [5.41, 5.74) is 7.15. The Morgan fingerprint density at radius 1 is 1.33 bits per heavy atom. The quantitative estimate of drug-likeness (QED) is 0.810. The van der Waals surface area contributed by atoms with E-state index in [1.54, 1.807) is 0 Å². The average Bonchev–Trinajstić information content (AvgIpc) is 2.78. The molecule has 0 spiro atoms. The summed E-state index contributed by atoms with van der Waals surface area (Å²) in [6.45, 7) is 3.03. The lowest BCUT2D eigenvalue weighted by Gasteiger charge is -2.20. The van der Waals surface area contributed by atoms with Crippen molar-refractivity contribution in [3.63, 3.8) is 0 Å². The van der Waals surface area contributed by atoms with Crippen LogP contribution in [0.4, 0.5) is 0 Å². The lowest BCUT2D eigenvalue weighted by molar-refractivity contribution is -0.122. The van der Waals surface area contributed by atoms with Gasteiger partial charge in [0.25, 0.3) is 0 Å². The molecule has 0 aromatic heterocycles. The first-order valence-corrected chi connectivity index (χ1v) is 6.21. The van der Waals surface area contributed by atoms with Gasteiger partial charge in [0, 0.05) is 5.56 Å². The minimum absolute atomic E-state index is 0.0446. The maximum absolute atomic E-state index is 12.1. The smallest absolute Gasteiger partial charge is 0.234 e. The van der Waals surface area contributed by atoms with E-state index in [4.69, 9.17) is 5.73 Å². The van der Waals surface area contributed by atoms with E-state index in [9.17, 15) is 9.59 Å². The van der Waals surface area contributed by atoms with Crippen molar-refractivity contribution in [1.29, 1.82) is 0 Å². The molecule has 18 heavy (non-hydrogen) atoms. The normalized spacial score (nSPS) is 19.9. The Balaban J connectivity index is 2.03. The number of nitrogens with two attached hydrogens (primary N) is 1. The van der Waals surface area contributed by atoms with Gasteiger partial charge >= 0.3 is 0 Å². The zero-order valence-electron chi connectivity index (χ0n) is 10.6. The Morgan fingerprint density at radius 2 is 2.00 bits per heavy atom. The molecule has 1 unspecified atom stereocenters. The van der Waals surface area contributed by atoms with E-state index in [2.05, 4.69) is 0 Å². The Hall–Kier alpha value is -1.68. The predicted molar refractivity (Wildman–Crippen MR) is 69.3 cm³/mol. The number of likely N-dealkylation sites (tertiary alicyclic amines) is 1. The van der Waals surface area contributed by atoms with Crippen LogP contribution in [0.5, 0.6) is 0 Å². The van der Waals surface area contributed by atoms with E-state index in [0.29, 0.717) is 5.56 Å². The third-order valence-corrected chi connectivity index (χ3v) is 3.41. The van der Waals surface area contributed by atoms with Crippen LogP contribution in [0.25, 0.3) is 0 Å². The number of Topliss-reactive ketones (excluding diaryl/α,β-unsaturated/α-hetero) is 1. The Kier molecular flexibility index (Phi) is 3.77. The van der Waals surface area contributed by atoms with Crippen molar-refractivity contribution in [3.05, 3.63) is 35.4 Å². The van der Waals surface area contributed by atoms with Crippen LogP contribution in [-0.2, 0) is 4.79 Å². The SMILES string of the molecule is Cc1ccc(C(=O)CN2CCCC2C(N)=O)cc1. The van der Waals surface area contributed by atoms with Crippen LogP contribution in [0.3, 0.4) is 0 Å². The standard InChI is InChI=1S/C14H18N2O2/c1-10-4-6-11(7-5-10)13(17)9-16-8-2-3-12(16)14(15)18/h4-7,12H,2-3,8-9H2,1H3,(H2,15,18). The second kappa shape index (κ2) is 5.31. The van der Waals surface area contributed by atoms with E-state index >= 15 is 0 Å². The first-order valence-electron chi connectivity index (χ1n) is 6.21. The van der Waals surface area contributed by atoms with Crippen molar-refractivity contribution in [3.8, 4) is 0 Å². The molecule has 1 saturated heterocycles. The number of ketones is 1. The molecule has 2 N–H and O–H groups in total. The predicted octanol–water partition coefficient (Wildman–Crippen LogP) is 1.13.